The van der Waals surface area contributed by atoms with Crippen LogP contribution in [0.5, 0.6) is 0 Å². The van der Waals surface area contributed by atoms with E-state index in [1.807, 2.05) is 0 Å². The van der Waals surface area contributed by atoms with Crippen LogP contribution in [0.4, 0.5) is 34.1 Å². The van der Waals surface area contributed by atoms with Crippen molar-refractivity contribution in [1.29, 1.82) is 0 Å². The molecule has 4 heteroatoms. The second-order valence-corrected chi connectivity index (χ2v) is 24.7. The van der Waals surface area contributed by atoms with E-state index in [0.29, 0.717) is 11.8 Å². The van der Waals surface area contributed by atoms with Crippen molar-refractivity contribution in [1.82, 2.24) is 0 Å². The van der Waals surface area contributed by atoms with Crippen molar-refractivity contribution in [3.05, 3.63) is 239 Å². The maximum absolute atomic E-state index is 7.43. The van der Waals surface area contributed by atoms with Crippen LogP contribution in [-0.4, -0.2) is 0 Å². The summed E-state index contributed by atoms with van der Waals surface area (Å²) in [6.07, 6.45) is 9.68. The first-order valence-corrected chi connectivity index (χ1v) is 30.7. The third kappa shape index (κ3) is 7.72. The zero-order valence-electron chi connectivity index (χ0n) is 49.0. The van der Waals surface area contributed by atoms with Crippen LogP contribution in [0.2, 0.25) is 0 Å². The molecule has 4 nitrogen and oxygen atoms in total. The summed E-state index contributed by atoms with van der Waals surface area (Å²) >= 11 is 0. The van der Waals surface area contributed by atoms with Crippen LogP contribution < -0.4 is 9.80 Å². The first-order valence-electron chi connectivity index (χ1n) is 30.7. The molecule has 2 heterocycles. The topological polar surface area (TPSA) is 32.8 Å². The summed E-state index contributed by atoms with van der Waals surface area (Å²) in [6.45, 7) is 13.5. The Kier molecular flexibility index (Phi) is 11.9. The lowest BCUT2D eigenvalue weighted by Gasteiger charge is -2.33. The highest BCUT2D eigenvalue weighted by Crippen LogP contribution is 2.56. The molecular formula is C80H68N2O2. The average molecular weight is 1090 g/mol. The number of hydrogen-bond donors (Lipinski definition) is 0. The predicted molar refractivity (Wildman–Crippen MR) is 356 cm³/mol. The number of benzene rings is 12. The molecule has 2 saturated carbocycles. The fourth-order valence-corrected chi connectivity index (χ4v) is 15.7. The van der Waals surface area contributed by atoms with Gasteiger partial charge in [-0.15, -0.1) is 0 Å². The average Bonchev–Trinajstić information content (AvgIpc) is 0.998. The Hall–Kier alpha value is -9.12. The fourth-order valence-electron chi connectivity index (χ4n) is 15.7. The van der Waals surface area contributed by atoms with E-state index in [2.05, 4.69) is 245 Å². The number of fused-ring (bicyclic) bond motifs is 6. The number of para-hydroxylation sites is 6. The number of anilines is 6. The molecule has 0 amide bonds. The number of furan rings is 2. The normalized spacial score (nSPS) is 14.3. The number of rotatable bonds is 10. The van der Waals surface area contributed by atoms with Gasteiger partial charge in [-0.2, -0.15) is 0 Å². The second kappa shape index (κ2) is 19.8. The van der Waals surface area contributed by atoms with E-state index in [0.717, 1.165) is 66.4 Å². The highest BCUT2D eigenvalue weighted by Gasteiger charge is 2.33. The minimum Gasteiger partial charge on any atom is -0.453 e. The Morgan fingerprint density at radius 3 is 1.00 bits per heavy atom. The van der Waals surface area contributed by atoms with Crippen LogP contribution >= 0.6 is 0 Å². The van der Waals surface area contributed by atoms with Crippen LogP contribution in [-0.2, 0) is 0 Å². The molecule has 2 fully saturated rings. The minimum atomic E-state index is 0.432. The molecular weight excluding hydrogens is 1020 g/mol. The van der Waals surface area contributed by atoms with Crippen LogP contribution in [0.3, 0.4) is 0 Å². The van der Waals surface area contributed by atoms with Crippen molar-refractivity contribution in [3.8, 4) is 22.3 Å². The molecule has 16 rings (SSSR count). The van der Waals surface area contributed by atoms with Crippen molar-refractivity contribution in [2.75, 3.05) is 9.80 Å². The van der Waals surface area contributed by atoms with Crippen LogP contribution in [0.15, 0.2) is 203 Å². The summed E-state index contributed by atoms with van der Waals surface area (Å²) in [5, 5.41) is 12.4. The quantitative estimate of drug-likeness (QED) is 0.128. The van der Waals surface area contributed by atoms with Gasteiger partial charge in [-0.3, -0.25) is 0 Å². The van der Waals surface area contributed by atoms with Crippen molar-refractivity contribution in [2.45, 2.75) is 105 Å². The molecule has 12 aromatic carbocycles. The first-order chi connectivity index (χ1) is 41.2. The first kappa shape index (κ1) is 50.6. The summed E-state index contributed by atoms with van der Waals surface area (Å²) in [5.74, 6) is 0.865. The smallest absolute Gasteiger partial charge is 0.159 e. The standard InChI is InChI=1S/C80H68N2O2/c1-47-21-7-13-31-55(47)59-33-17-35-61-63-37-19-39-69(79(63)83-77(59)61)81(75-49(3)23-15-24-50(75)4)71-45-67(53-27-9-10-28-53)57-42-44-66-72(46-68(54-29-11-12-30-54)58-41-43-65(71)73(57)74(58)66)82(76-51(5)25-16-26-52(76)6)70-40-20-38-64-62-36-18-34-60(78(62)84-80(64)70)56-32-14-8-22-48(56)2/h7-8,13-26,31-46,53-54H,9-12,27-30H2,1-6H3. The van der Waals surface area contributed by atoms with Gasteiger partial charge in [-0.05, 0) is 181 Å². The summed E-state index contributed by atoms with van der Waals surface area (Å²) in [4.78, 5) is 5.20. The van der Waals surface area contributed by atoms with E-state index in [-0.39, 0.29) is 0 Å². The van der Waals surface area contributed by atoms with E-state index < -0.39 is 0 Å². The van der Waals surface area contributed by atoms with E-state index in [4.69, 9.17) is 8.83 Å². The summed E-state index contributed by atoms with van der Waals surface area (Å²) < 4.78 is 14.9. The minimum absolute atomic E-state index is 0.432. The Morgan fingerprint density at radius 2 is 0.607 bits per heavy atom. The van der Waals surface area contributed by atoms with E-state index in [1.54, 1.807) is 0 Å². The van der Waals surface area contributed by atoms with Crippen LogP contribution in [0.25, 0.3) is 98.4 Å². The van der Waals surface area contributed by atoms with Gasteiger partial charge in [0.1, 0.15) is 11.2 Å². The molecule has 0 bridgehead atoms. The Morgan fingerprint density at radius 1 is 0.286 bits per heavy atom. The molecule has 0 spiro atoms. The largest absolute Gasteiger partial charge is 0.453 e. The van der Waals surface area contributed by atoms with Gasteiger partial charge in [-0.25, -0.2) is 0 Å². The lowest BCUT2D eigenvalue weighted by atomic mass is 9.82. The zero-order valence-corrected chi connectivity index (χ0v) is 49.0. The summed E-state index contributed by atoms with van der Waals surface area (Å²) in [6, 6.07) is 73.1. The molecule has 0 atom stereocenters. The molecule has 0 radical (unpaired) electrons. The summed E-state index contributed by atoms with van der Waals surface area (Å²) in [5.41, 5.74) is 25.3. The van der Waals surface area contributed by atoms with E-state index >= 15 is 0 Å². The monoisotopic (exact) mass is 1090 g/mol. The third-order valence-corrected chi connectivity index (χ3v) is 19.7. The van der Waals surface area contributed by atoms with Crippen LogP contribution in [0, 0.1) is 41.5 Å². The number of aryl methyl sites for hydroxylation is 6. The van der Waals surface area contributed by atoms with Gasteiger partial charge >= 0.3 is 0 Å². The Labute approximate surface area is 491 Å². The maximum Gasteiger partial charge on any atom is 0.159 e. The van der Waals surface area contributed by atoms with Gasteiger partial charge < -0.3 is 18.6 Å². The van der Waals surface area contributed by atoms with Gasteiger partial charge in [0.05, 0.1) is 34.1 Å². The second-order valence-electron chi connectivity index (χ2n) is 24.7. The molecule has 2 aliphatic rings. The molecule has 84 heavy (non-hydrogen) atoms. The molecule has 410 valence electrons. The van der Waals surface area contributed by atoms with Gasteiger partial charge in [0.2, 0.25) is 0 Å². The molecule has 0 aliphatic heterocycles. The van der Waals surface area contributed by atoms with E-state index in [1.165, 1.54) is 162 Å². The molecule has 0 unspecified atom stereocenters. The lowest BCUT2D eigenvalue weighted by molar-refractivity contribution is 0.669. The highest BCUT2D eigenvalue weighted by molar-refractivity contribution is 6.30. The van der Waals surface area contributed by atoms with Crippen LogP contribution in [0.1, 0.15) is 108 Å². The molecule has 0 saturated heterocycles. The third-order valence-electron chi connectivity index (χ3n) is 19.7. The van der Waals surface area contributed by atoms with Crippen molar-refractivity contribution < 1.29 is 8.83 Å². The highest BCUT2D eigenvalue weighted by atomic mass is 16.3. The Balaban J connectivity index is 1.02. The zero-order chi connectivity index (χ0) is 56.5. The molecule has 14 aromatic rings. The molecule has 0 N–H and O–H groups in total. The van der Waals surface area contributed by atoms with E-state index in [9.17, 15) is 0 Å². The maximum atomic E-state index is 7.43. The van der Waals surface area contributed by atoms with Crippen molar-refractivity contribution in [2.24, 2.45) is 0 Å². The van der Waals surface area contributed by atoms with Crippen molar-refractivity contribution >= 4 is 110 Å². The SMILES string of the molecule is Cc1ccccc1-c1cccc2c1oc1c(N(c3c(C)cccc3C)c3cc(C4CCCC4)c4ccc5c(N(c6c(C)cccc6C)c6cccc7c6oc6c(-c8ccccc8C)cccc67)cc(C6CCCC6)c6ccc3c4c65)cccc12. The number of nitrogens with zero attached hydrogens (tertiary/aromatic N) is 2. The predicted octanol–water partition coefficient (Wildman–Crippen LogP) is 23.8. The fraction of sp³-hybridized carbons (Fsp3) is 0.200. The molecule has 2 aromatic heterocycles. The van der Waals surface area contributed by atoms with Gasteiger partial charge in [-0.1, -0.05) is 196 Å². The van der Waals surface area contributed by atoms with Crippen molar-refractivity contribution in [3.63, 3.8) is 0 Å². The number of hydrogen-bond acceptors (Lipinski definition) is 4. The summed E-state index contributed by atoms with van der Waals surface area (Å²) in [7, 11) is 0. The molecule has 2 aliphatic carbocycles. The Bertz CT molecular complexity index is 4610. The van der Waals surface area contributed by atoms with Gasteiger partial charge in [0.15, 0.2) is 11.2 Å². The van der Waals surface area contributed by atoms with Gasteiger partial charge in [0, 0.05) is 43.4 Å². The van der Waals surface area contributed by atoms with Gasteiger partial charge in [0.25, 0.3) is 0 Å². The lowest BCUT2D eigenvalue weighted by Crippen LogP contribution is -2.16.